The second-order valence-corrected chi connectivity index (χ2v) is 17.6. The third-order valence-electron chi connectivity index (χ3n) is 12.1. The number of hydrogen-bond acceptors (Lipinski definition) is 11. The first-order valence-corrected chi connectivity index (χ1v) is 23.6. The van der Waals surface area contributed by atoms with Gasteiger partial charge in [0.15, 0.2) is 28.9 Å². The van der Waals surface area contributed by atoms with E-state index < -0.39 is 55.9 Å². The van der Waals surface area contributed by atoms with Crippen molar-refractivity contribution in [2.75, 3.05) is 45.1 Å². The number of nitrogens with one attached hydrogen (secondary N) is 3. The number of carbonyl (C=O) groups excluding carboxylic acids is 1. The van der Waals surface area contributed by atoms with Crippen LogP contribution >= 0.6 is 0 Å². The Labute approximate surface area is 434 Å². The molecule has 77 heavy (non-hydrogen) atoms. The van der Waals surface area contributed by atoms with Crippen LogP contribution in [0.5, 0.6) is 40.2 Å². The lowest BCUT2D eigenvalue weighted by molar-refractivity contribution is -0.132. The molecule has 0 aliphatic heterocycles. The number of aromatic carboxylic acids is 1. The van der Waals surface area contributed by atoms with Crippen molar-refractivity contribution in [3.05, 3.63) is 138 Å². The van der Waals surface area contributed by atoms with E-state index in [2.05, 4.69) is 25.9 Å². The maximum Gasteiger partial charge on any atom is 0.390 e. The lowest BCUT2D eigenvalue weighted by atomic mass is 10.1. The van der Waals surface area contributed by atoms with Crippen molar-refractivity contribution in [3.8, 4) is 51.6 Å². The smallest absolute Gasteiger partial charge is 0.390 e. The average Bonchev–Trinajstić information content (AvgIpc) is 4.02. The van der Waals surface area contributed by atoms with E-state index in [1.54, 1.807) is 52.5 Å². The number of fused-ring (bicyclic) bond motifs is 2. The van der Waals surface area contributed by atoms with E-state index in [0.717, 1.165) is 18.4 Å². The Kier molecular flexibility index (Phi) is 16.0. The molecule has 2 heterocycles. The molecule has 9 rings (SSSR count). The van der Waals surface area contributed by atoms with E-state index in [-0.39, 0.29) is 69.1 Å². The number of ether oxygens (including phenoxy) is 5. The van der Waals surface area contributed by atoms with Crippen LogP contribution in [0.1, 0.15) is 57.5 Å². The lowest BCUT2D eigenvalue weighted by Gasteiger charge is -2.16. The number of aromatic nitrogens is 4. The number of imidazole rings is 2. The van der Waals surface area contributed by atoms with Crippen LogP contribution in [0.15, 0.2) is 104 Å². The van der Waals surface area contributed by atoms with Crippen LogP contribution in [0.25, 0.3) is 33.4 Å². The SMILES string of the molecule is COc1c(F)cccc1Oc1cc(NCCC(F)(F)F)c2ncn(-c3ccc(C(=O)O)c(C)c3)c2c1.COc1ccc(F)c(OC)c1Oc1cc(NCCC(F)(F)F)c2ncn(-c3ccc(C(=O)NC4CC4)c(C)c3)c2c1. The molecule has 15 nitrogen and oxygen atoms in total. The molecule has 4 N–H and O–H groups in total. The zero-order valence-corrected chi connectivity index (χ0v) is 41.8. The highest BCUT2D eigenvalue weighted by atomic mass is 19.4. The average molecular weight is 1080 g/mol. The van der Waals surface area contributed by atoms with Gasteiger partial charge in [0.25, 0.3) is 5.91 Å². The first-order chi connectivity index (χ1) is 36.6. The summed E-state index contributed by atoms with van der Waals surface area (Å²) in [5.74, 6) is -2.25. The van der Waals surface area contributed by atoms with Crippen molar-refractivity contribution >= 4 is 45.3 Å². The number of anilines is 2. The fourth-order valence-corrected chi connectivity index (χ4v) is 8.22. The van der Waals surface area contributed by atoms with Crippen molar-refractivity contribution in [1.29, 1.82) is 0 Å². The molecular weight excluding hydrogens is 1030 g/mol. The van der Waals surface area contributed by atoms with Crippen molar-refractivity contribution in [1.82, 2.24) is 24.4 Å². The highest BCUT2D eigenvalue weighted by Crippen LogP contribution is 2.44. The van der Waals surface area contributed by atoms with Gasteiger partial charge in [0.05, 0.1) is 62.1 Å². The van der Waals surface area contributed by atoms with Crippen molar-refractivity contribution in [2.45, 2.75) is 57.9 Å². The van der Waals surface area contributed by atoms with E-state index in [1.165, 1.54) is 82.5 Å². The summed E-state index contributed by atoms with van der Waals surface area (Å²) in [5, 5.41) is 17.8. The third kappa shape index (κ3) is 12.8. The molecule has 0 saturated heterocycles. The van der Waals surface area contributed by atoms with E-state index in [0.29, 0.717) is 44.6 Å². The number of benzene rings is 6. The topological polar surface area (TPSA) is 172 Å². The summed E-state index contributed by atoms with van der Waals surface area (Å²) in [6, 6.07) is 23.1. The number of para-hydroxylation sites is 1. The quantitative estimate of drug-likeness (QED) is 0.0600. The Balaban J connectivity index is 0.000000205. The Morgan fingerprint density at radius 3 is 1.62 bits per heavy atom. The number of carboxylic acid groups (broad SMARTS) is 1. The highest BCUT2D eigenvalue weighted by molar-refractivity contribution is 5.97. The van der Waals surface area contributed by atoms with Crippen LogP contribution < -0.4 is 39.6 Å². The number of nitrogens with zero attached hydrogens (tertiary/aromatic N) is 4. The standard InChI is InChI=1S/C29H28F4N4O4.C25H21F4N3O4/c1-16-12-18(6-7-20(16)28(38)36-17-4-5-17)37-15-35-25-22(34-11-10-29(31,32)33)13-19(14-23(25)37)41-27-24(39-2)9-8-21(30)26(27)40-3;1-14-10-15(6-7-17(14)24(33)34)32-13-31-22-19(30-9-8-25(27,28)29)11-16(12-20(22)32)36-21-5-3-4-18(26)23(21)35-2/h6-9,12-15,17,34H,4-5,10-11H2,1-3H3,(H,36,38);3-7,10-13,30H,8-9H2,1-2H3,(H,33,34). The van der Waals surface area contributed by atoms with Gasteiger partial charge in [0, 0.05) is 60.3 Å². The minimum atomic E-state index is -4.35. The monoisotopic (exact) mass is 1080 g/mol. The molecule has 404 valence electrons. The number of carboxylic acids is 1. The number of rotatable bonds is 18. The summed E-state index contributed by atoms with van der Waals surface area (Å²) in [6.45, 7) is 2.68. The summed E-state index contributed by atoms with van der Waals surface area (Å²) in [6.07, 6.45) is -5.87. The Morgan fingerprint density at radius 1 is 0.623 bits per heavy atom. The van der Waals surface area contributed by atoms with Crippen LogP contribution in [0.3, 0.4) is 0 Å². The summed E-state index contributed by atoms with van der Waals surface area (Å²) in [7, 11) is 3.96. The summed E-state index contributed by atoms with van der Waals surface area (Å²) in [4.78, 5) is 32.8. The van der Waals surface area contributed by atoms with Gasteiger partial charge in [-0.15, -0.1) is 0 Å². The van der Waals surface area contributed by atoms with E-state index in [4.69, 9.17) is 23.7 Å². The van der Waals surface area contributed by atoms with Gasteiger partial charge in [0.1, 0.15) is 35.2 Å². The van der Waals surface area contributed by atoms with Gasteiger partial charge in [-0.25, -0.2) is 23.5 Å². The second-order valence-electron chi connectivity index (χ2n) is 17.6. The largest absolute Gasteiger partial charge is 0.493 e. The Hall–Kier alpha value is -8.76. The molecule has 8 aromatic rings. The second kappa shape index (κ2) is 22.6. The van der Waals surface area contributed by atoms with Gasteiger partial charge >= 0.3 is 18.3 Å². The number of alkyl halides is 6. The van der Waals surface area contributed by atoms with Crippen LogP contribution in [0.2, 0.25) is 0 Å². The van der Waals surface area contributed by atoms with Crippen molar-refractivity contribution in [3.63, 3.8) is 0 Å². The van der Waals surface area contributed by atoms with Crippen molar-refractivity contribution < 1.29 is 73.5 Å². The predicted molar refractivity (Wildman–Crippen MR) is 270 cm³/mol. The molecule has 0 unspecified atom stereocenters. The highest BCUT2D eigenvalue weighted by Gasteiger charge is 2.29. The first kappa shape index (κ1) is 54.5. The Bertz CT molecular complexity index is 3480. The van der Waals surface area contributed by atoms with E-state index in [1.807, 2.05) is 13.0 Å². The molecule has 1 aliphatic carbocycles. The number of hydrogen-bond donors (Lipinski definition) is 4. The third-order valence-corrected chi connectivity index (χ3v) is 12.1. The minimum Gasteiger partial charge on any atom is -0.493 e. The van der Waals surface area contributed by atoms with Crippen LogP contribution in [-0.2, 0) is 0 Å². The molecular formula is C54H49F8N7O8. The molecule has 2 aromatic heterocycles. The van der Waals surface area contributed by atoms with E-state index >= 15 is 0 Å². The molecule has 1 amide bonds. The summed E-state index contributed by atoms with van der Waals surface area (Å²) < 4.78 is 136. The van der Waals surface area contributed by atoms with Gasteiger partial charge in [0.2, 0.25) is 11.5 Å². The number of halogens is 8. The van der Waals surface area contributed by atoms with Gasteiger partial charge in [-0.3, -0.25) is 13.9 Å². The van der Waals surface area contributed by atoms with Crippen LogP contribution in [-0.4, -0.2) is 88.9 Å². The lowest BCUT2D eigenvalue weighted by Crippen LogP contribution is -2.26. The predicted octanol–water partition coefficient (Wildman–Crippen LogP) is 12.9. The molecule has 23 heteroatoms. The van der Waals surface area contributed by atoms with E-state index in [9.17, 15) is 49.8 Å². The molecule has 0 atom stereocenters. The van der Waals surface area contributed by atoms with Gasteiger partial charge in [-0.1, -0.05) is 6.07 Å². The summed E-state index contributed by atoms with van der Waals surface area (Å²) in [5.41, 5.74) is 5.51. The van der Waals surface area contributed by atoms with Crippen molar-refractivity contribution in [2.24, 2.45) is 0 Å². The fourth-order valence-electron chi connectivity index (χ4n) is 8.22. The first-order valence-electron chi connectivity index (χ1n) is 23.6. The maximum absolute atomic E-state index is 14.5. The molecule has 1 saturated carbocycles. The number of carbonyl (C=O) groups is 2. The molecule has 0 radical (unpaired) electrons. The summed E-state index contributed by atoms with van der Waals surface area (Å²) >= 11 is 0. The van der Waals surface area contributed by atoms with Gasteiger partial charge in [-0.05, 0) is 98.5 Å². The number of amides is 1. The molecule has 1 aliphatic rings. The minimum absolute atomic E-state index is 0.0384. The number of methoxy groups -OCH3 is 3. The molecule has 6 aromatic carbocycles. The fraction of sp³-hybridized carbons (Fsp3) is 0.259. The zero-order chi connectivity index (χ0) is 55.3. The van der Waals surface area contributed by atoms with Crippen LogP contribution in [0.4, 0.5) is 46.5 Å². The normalized spacial score (nSPS) is 12.4. The molecule has 1 fully saturated rings. The van der Waals surface area contributed by atoms with Gasteiger partial charge < -0.3 is 44.7 Å². The number of aryl methyl sites for hydroxylation is 2. The van der Waals surface area contributed by atoms with Gasteiger partial charge in [-0.2, -0.15) is 26.3 Å². The van der Waals surface area contributed by atoms with Crippen LogP contribution in [0, 0.1) is 25.5 Å². The molecule has 0 spiro atoms. The molecule has 0 bridgehead atoms. The zero-order valence-electron chi connectivity index (χ0n) is 41.8. The maximum atomic E-state index is 14.5. The Morgan fingerprint density at radius 2 is 1.14 bits per heavy atom.